The van der Waals surface area contributed by atoms with Gasteiger partial charge in [-0.05, 0) is 36.1 Å². The molecule has 0 aliphatic carbocycles. The van der Waals surface area contributed by atoms with Gasteiger partial charge in [0.15, 0.2) is 9.84 Å². The Kier molecular flexibility index (Phi) is 4.29. The van der Waals surface area contributed by atoms with E-state index in [1.807, 2.05) is 43.3 Å². The maximum absolute atomic E-state index is 12.4. The first-order valence-electron chi connectivity index (χ1n) is 6.77. The van der Waals surface area contributed by atoms with Crippen molar-refractivity contribution in [1.29, 1.82) is 0 Å². The molecule has 0 aliphatic rings. The van der Waals surface area contributed by atoms with Gasteiger partial charge in [0.1, 0.15) is 0 Å². The van der Waals surface area contributed by atoms with Gasteiger partial charge in [0.25, 0.3) is 0 Å². The number of hydrogen-bond donors (Lipinski definition) is 0. The quantitative estimate of drug-likeness (QED) is 0.849. The first-order valence-corrected chi connectivity index (χ1v) is 8.42. The molecular weight excluding hydrogens is 268 g/mol. The highest BCUT2D eigenvalue weighted by Gasteiger charge is 2.15. The third kappa shape index (κ3) is 3.48. The van der Waals surface area contributed by atoms with E-state index >= 15 is 0 Å². The first-order chi connectivity index (χ1) is 9.38. The largest absolute Gasteiger partial charge is 0.223 e. The van der Waals surface area contributed by atoms with E-state index in [0.29, 0.717) is 10.8 Å². The predicted molar refractivity (Wildman–Crippen MR) is 82.6 cm³/mol. The van der Waals surface area contributed by atoms with Gasteiger partial charge in [0.2, 0.25) is 0 Å². The molecule has 0 aliphatic heterocycles. The number of sulfone groups is 1. The smallest absolute Gasteiger partial charge is 0.182 e. The van der Waals surface area contributed by atoms with E-state index in [2.05, 4.69) is 13.8 Å². The van der Waals surface area contributed by atoms with E-state index in [0.717, 1.165) is 11.1 Å². The minimum atomic E-state index is -3.27. The molecule has 0 amide bonds. The summed E-state index contributed by atoms with van der Waals surface area (Å²) in [5.41, 5.74) is 3.07. The van der Waals surface area contributed by atoms with Crippen LogP contribution in [0.15, 0.2) is 53.4 Å². The molecule has 2 rings (SSSR count). The van der Waals surface area contributed by atoms with Crippen molar-refractivity contribution in [3.05, 3.63) is 65.2 Å². The second-order valence-electron chi connectivity index (χ2n) is 5.47. The minimum absolute atomic E-state index is 0.0522. The van der Waals surface area contributed by atoms with Crippen molar-refractivity contribution in [3.8, 4) is 0 Å². The number of aryl methyl sites for hydroxylation is 1. The molecule has 20 heavy (non-hydrogen) atoms. The average molecular weight is 288 g/mol. The fourth-order valence-electron chi connectivity index (χ4n) is 2.09. The highest BCUT2D eigenvalue weighted by Crippen LogP contribution is 2.20. The standard InChI is InChI=1S/C17H20O2S/c1-13(2)16-6-4-5-15(11-16)12-20(18,19)17-9-7-14(3)8-10-17/h4-11,13H,12H2,1-3H3. The normalized spacial score (nSPS) is 11.8. The van der Waals surface area contributed by atoms with Crippen LogP contribution in [-0.4, -0.2) is 8.42 Å². The molecule has 0 radical (unpaired) electrons. The Hall–Kier alpha value is -1.61. The molecule has 0 fully saturated rings. The number of benzene rings is 2. The first kappa shape index (κ1) is 14.8. The topological polar surface area (TPSA) is 34.1 Å². The summed E-state index contributed by atoms with van der Waals surface area (Å²) in [5, 5.41) is 0. The minimum Gasteiger partial charge on any atom is -0.223 e. The lowest BCUT2D eigenvalue weighted by molar-refractivity contribution is 0.595. The lowest BCUT2D eigenvalue weighted by atomic mass is 10.0. The van der Waals surface area contributed by atoms with Crippen LogP contribution < -0.4 is 0 Å². The summed E-state index contributed by atoms with van der Waals surface area (Å²) in [6.45, 7) is 6.16. The maximum Gasteiger partial charge on any atom is 0.182 e. The van der Waals surface area contributed by atoms with Crippen LogP contribution in [0.25, 0.3) is 0 Å². The molecule has 2 nitrogen and oxygen atoms in total. The Morgan fingerprint density at radius 2 is 1.65 bits per heavy atom. The zero-order valence-electron chi connectivity index (χ0n) is 12.1. The van der Waals surface area contributed by atoms with Crippen molar-refractivity contribution in [2.24, 2.45) is 0 Å². The van der Waals surface area contributed by atoms with Crippen molar-refractivity contribution in [1.82, 2.24) is 0 Å². The predicted octanol–water partition coefficient (Wildman–Crippen LogP) is 4.09. The Morgan fingerprint density at radius 3 is 2.25 bits per heavy atom. The number of rotatable bonds is 4. The van der Waals surface area contributed by atoms with E-state index in [1.54, 1.807) is 12.1 Å². The molecule has 3 heteroatoms. The molecule has 2 aromatic carbocycles. The molecule has 106 valence electrons. The van der Waals surface area contributed by atoms with Crippen molar-refractivity contribution in [2.45, 2.75) is 37.3 Å². The van der Waals surface area contributed by atoms with E-state index in [4.69, 9.17) is 0 Å². The Labute approximate surface area is 121 Å². The average Bonchev–Trinajstić information content (AvgIpc) is 2.39. The molecule has 0 atom stereocenters. The molecule has 0 N–H and O–H groups in total. The molecular formula is C17H20O2S. The second-order valence-corrected chi connectivity index (χ2v) is 7.46. The summed E-state index contributed by atoms with van der Waals surface area (Å²) >= 11 is 0. The third-order valence-corrected chi connectivity index (χ3v) is 5.06. The van der Waals surface area contributed by atoms with Gasteiger partial charge in [0, 0.05) is 0 Å². The lowest BCUT2D eigenvalue weighted by Gasteiger charge is -2.09. The van der Waals surface area contributed by atoms with Gasteiger partial charge < -0.3 is 0 Å². The summed E-state index contributed by atoms with van der Waals surface area (Å²) in [6.07, 6.45) is 0. The van der Waals surface area contributed by atoms with Crippen molar-refractivity contribution in [3.63, 3.8) is 0 Å². The van der Waals surface area contributed by atoms with Crippen LogP contribution in [0, 0.1) is 6.92 Å². The summed E-state index contributed by atoms with van der Waals surface area (Å²) < 4.78 is 24.8. The van der Waals surface area contributed by atoms with Crippen LogP contribution in [0.2, 0.25) is 0 Å². The van der Waals surface area contributed by atoms with Crippen LogP contribution in [0.5, 0.6) is 0 Å². The zero-order valence-corrected chi connectivity index (χ0v) is 12.9. The maximum atomic E-state index is 12.4. The van der Waals surface area contributed by atoms with Gasteiger partial charge in [-0.15, -0.1) is 0 Å². The summed E-state index contributed by atoms with van der Waals surface area (Å²) in [6, 6.07) is 14.8. The molecule has 2 aromatic rings. The Morgan fingerprint density at radius 1 is 1.00 bits per heavy atom. The molecule has 0 heterocycles. The van der Waals surface area contributed by atoms with Gasteiger partial charge in [-0.2, -0.15) is 0 Å². The van der Waals surface area contributed by atoms with E-state index in [9.17, 15) is 8.42 Å². The molecule has 0 aromatic heterocycles. The van der Waals surface area contributed by atoms with Crippen LogP contribution in [-0.2, 0) is 15.6 Å². The zero-order chi connectivity index (χ0) is 14.8. The molecule has 0 unspecified atom stereocenters. The van der Waals surface area contributed by atoms with Gasteiger partial charge >= 0.3 is 0 Å². The summed E-state index contributed by atoms with van der Waals surface area (Å²) in [7, 11) is -3.27. The highest BCUT2D eigenvalue weighted by molar-refractivity contribution is 7.90. The third-order valence-electron chi connectivity index (χ3n) is 3.35. The molecule has 0 spiro atoms. The number of hydrogen-bond acceptors (Lipinski definition) is 2. The molecule has 0 saturated carbocycles. The van der Waals surface area contributed by atoms with Crippen molar-refractivity contribution < 1.29 is 8.42 Å². The van der Waals surface area contributed by atoms with Crippen LogP contribution >= 0.6 is 0 Å². The summed E-state index contributed by atoms with van der Waals surface area (Å²) in [5.74, 6) is 0.452. The van der Waals surface area contributed by atoms with Crippen LogP contribution in [0.3, 0.4) is 0 Å². The van der Waals surface area contributed by atoms with E-state index in [1.165, 1.54) is 5.56 Å². The van der Waals surface area contributed by atoms with Crippen molar-refractivity contribution >= 4 is 9.84 Å². The van der Waals surface area contributed by atoms with Crippen LogP contribution in [0.4, 0.5) is 0 Å². The fraction of sp³-hybridized carbons (Fsp3) is 0.294. The van der Waals surface area contributed by atoms with Gasteiger partial charge in [-0.1, -0.05) is 55.8 Å². The van der Waals surface area contributed by atoms with Gasteiger partial charge in [0.05, 0.1) is 10.6 Å². The SMILES string of the molecule is Cc1ccc(S(=O)(=O)Cc2cccc(C(C)C)c2)cc1. The highest BCUT2D eigenvalue weighted by atomic mass is 32.2. The van der Waals surface area contributed by atoms with Gasteiger partial charge in [-0.3, -0.25) is 0 Å². The van der Waals surface area contributed by atoms with Crippen molar-refractivity contribution in [2.75, 3.05) is 0 Å². The molecule has 0 saturated heterocycles. The molecule has 0 bridgehead atoms. The summed E-state index contributed by atoms with van der Waals surface area (Å²) in [4.78, 5) is 0.387. The fourth-order valence-corrected chi connectivity index (χ4v) is 3.43. The lowest BCUT2D eigenvalue weighted by Crippen LogP contribution is -2.05. The monoisotopic (exact) mass is 288 g/mol. The van der Waals surface area contributed by atoms with E-state index in [-0.39, 0.29) is 5.75 Å². The van der Waals surface area contributed by atoms with Crippen LogP contribution in [0.1, 0.15) is 36.5 Å². The second kappa shape index (κ2) is 5.80. The van der Waals surface area contributed by atoms with E-state index < -0.39 is 9.84 Å². The Balaban J connectivity index is 2.28. The Bertz CT molecular complexity index is 683. The van der Waals surface area contributed by atoms with Gasteiger partial charge in [-0.25, -0.2) is 8.42 Å².